The van der Waals surface area contributed by atoms with Gasteiger partial charge in [0.05, 0.1) is 6.10 Å². The zero-order valence-electron chi connectivity index (χ0n) is 18.8. The minimum Gasteiger partial charge on any atom is -0.387 e. The van der Waals surface area contributed by atoms with Crippen molar-refractivity contribution in [3.8, 4) is 0 Å². The molecule has 0 aliphatic heterocycles. The molecule has 1 atom stereocenters. The highest BCUT2D eigenvalue weighted by atomic mass is 35.5. The predicted molar refractivity (Wildman–Crippen MR) is 128 cm³/mol. The molecule has 1 unspecified atom stereocenters. The van der Waals surface area contributed by atoms with E-state index in [9.17, 15) is 5.11 Å². The number of aliphatic hydroxyl groups excluding tert-OH is 1. The van der Waals surface area contributed by atoms with E-state index in [4.69, 9.17) is 0 Å². The van der Waals surface area contributed by atoms with Gasteiger partial charge < -0.3 is 10.0 Å². The van der Waals surface area contributed by atoms with Gasteiger partial charge in [-0.2, -0.15) is 0 Å². The second kappa shape index (κ2) is 11.3. The molecule has 0 saturated heterocycles. The molecule has 3 heteroatoms. The fourth-order valence-electron chi connectivity index (χ4n) is 4.45. The van der Waals surface area contributed by atoms with Gasteiger partial charge in [0.15, 0.2) is 0 Å². The third kappa shape index (κ3) is 6.44. The van der Waals surface area contributed by atoms with Crippen molar-refractivity contribution >= 4 is 23.2 Å². The Bertz CT molecular complexity index is 759. The van der Waals surface area contributed by atoms with E-state index < -0.39 is 6.10 Å². The molecule has 3 rings (SSSR count). The van der Waals surface area contributed by atoms with E-state index in [1.807, 2.05) is 0 Å². The summed E-state index contributed by atoms with van der Waals surface area (Å²) in [6.45, 7) is 12.0. The number of rotatable bonds is 9. The average molecular weight is 418 g/mol. The van der Waals surface area contributed by atoms with Crippen molar-refractivity contribution in [1.29, 1.82) is 0 Å². The molecule has 2 nitrogen and oxygen atoms in total. The van der Waals surface area contributed by atoms with E-state index in [0.717, 1.165) is 31.6 Å². The molecule has 0 saturated carbocycles. The van der Waals surface area contributed by atoms with Crippen molar-refractivity contribution in [2.75, 3.05) is 19.6 Å². The van der Waals surface area contributed by atoms with Gasteiger partial charge in [0, 0.05) is 6.54 Å². The molecule has 2 aromatic carbocycles. The van der Waals surface area contributed by atoms with Crippen molar-refractivity contribution in [3.63, 3.8) is 0 Å². The summed E-state index contributed by atoms with van der Waals surface area (Å²) < 4.78 is 0. The normalized spacial score (nSPS) is 15.0. The van der Waals surface area contributed by atoms with Gasteiger partial charge >= 0.3 is 0 Å². The molecule has 29 heavy (non-hydrogen) atoms. The average Bonchev–Trinajstić information content (AvgIpc) is 2.69. The number of aryl methyl sites for hydroxylation is 2. The third-order valence-corrected chi connectivity index (χ3v) is 6.24. The maximum atomic E-state index is 11.3. The van der Waals surface area contributed by atoms with E-state index in [2.05, 4.69) is 62.9 Å². The van der Waals surface area contributed by atoms with Gasteiger partial charge in [-0.25, -0.2) is 0 Å². The number of hydrogen-bond acceptors (Lipinski definition) is 2. The molecule has 162 valence electrons. The molecule has 1 aliphatic carbocycles. The largest absolute Gasteiger partial charge is 0.387 e. The zero-order chi connectivity index (χ0) is 20.1. The minimum absolute atomic E-state index is 0. The van der Waals surface area contributed by atoms with Crippen LogP contribution in [0.15, 0.2) is 30.3 Å². The van der Waals surface area contributed by atoms with Crippen molar-refractivity contribution in [1.82, 2.24) is 4.90 Å². The van der Waals surface area contributed by atoms with Crippen LogP contribution in [0.3, 0.4) is 0 Å². The molecule has 0 spiro atoms. The second-order valence-corrected chi connectivity index (χ2v) is 9.54. The van der Waals surface area contributed by atoms with E-state index in [1.165, 1.54) is 54.0 Å². The van der Waals surface area contributed by atoms with Crippen LogP contribution in [0, 0.1) is 11.8 Å². The molecule has 0 fully saturated rings. The maximum absolute atomic E-state index is 11.3. The quantitative estimate of drug-likeness (QED) is 0.498. The summed E-state index contributed by atoms with van der Waals surface area (Å²) in [6, 6.07) is 11.0. The first-order valence-corrected chi connectivity index (χ1v) is 11.4. The Morgan fingerprint density at radius 1 is 0.897 bits per heavy atom. The first-order valence-electron chi connectivity index (χ1n) is 11.4. The van der Waals surface area contributed by atoms with Crippen LogP contribution < -0.4 is 0 Å². The predicted octanol–water partition coefficient (Wildman–Crippen LogP) is 6.57. The lowest BCUT2D eigenvalue weighted by Crippen LogP contribution is -2.32. The number of fused-ring (bicyclic) bond motifs is 3. The highest BCUT2D eigenvalue weighted by Crippen LogP contribution is 2.34. The van der Waals surface area contributed by atoms with Crippen LogP contribution in [-0.4, -0.2) is 29.6 Å². The van der Waals surface area contributed by atoms with Crippen LogP contribution in [-0.2, 0) is 12.8 Å². The van der Waals surface area contributed by atoms with Gasteiger partial charge in [0.1, 0.15) is 0 Å². The molecule has 0 aromatic heterocycles. The smallest absolute Gasteiger partial charge is 0.0923 e. The SMILES string of the molecule is CC(C)CCN(CCC(C)C)CC(O)c1cc2c(c3ccccc13)CCCC2.Cl. The van der Waals surface area contributed by atoms with Crippen LogP contribution in [0.4, 0.5) is 0 Å². The van der Waals surface area contributed by atoms with Gasteiger partial charge in [-0.3, -0.25) is 0 Å². The summed E-state index contributed by atoms with van der Waals surface area (Å²) in [5.41, 5.74) is 4.12. The van der Waals surface area contributed by atoms with Crippen LogP contribution in [0.5, 0.6) is 0 Å². The molecular weight excluding hydrogens is 378 g/mol. The lowest BCUT2D eigenvalue weighted by molar-refractivity contribution is 0.108. The minimum atomic E-state index is -0.420. The van der Waals surface area contributed by atoms with Crippen LogP contribution in [0.1, 0.15) is 76.2 Å². The van der Waals surface area contributed by atoms with E-state index in [1.54, 1.807) is 0 Å². The lowest BCUT2D eigenvalue weighted by atomic mass is 9.84. The third-order valence-electron chi connectivity index (χ3n) is 6.24. The summed E-state index contributed by atoms with van der Waals surface area (Å²) in [6.07, 6.45) is 6.86. The Balaban J connectivity index is 0.00000300. The molecule has 1 N–H and O–H groups in total. The summed E-state index contributed by atoms with van der Waals surface area (Å²) >= 11 is 0. The van der Waals surface area contributed by atoms with Gasteiger partial charge in [0.25, 0.3) is 0 Å². The first kappa shape index (κ1) is 24.2. The summed E-state index contributed by atoms with van der Waals surface area (Å²) in [7, 11) is 0. The Hall–Kier alpha value is -1.09. The summed E-state index contributed by atoms with van der Waals surface area (Å²) in [5.74, 6) is 1.39. The number of halogens is 1. The Morgan fingerprint density at radius 3 is 2.10 bits per heavy atom. The number of benzene rings is 2. The van der Waals surface area contributed by atoms with Crippen molar-refractivity contribution in [2.45, 2.75) is 72.3 Å². The lowest BCUT2D eigenvalue weighted by Gasteiger charge is -2.28. The second-order valence-electron chi connectivity index (χ2n) is 9.54. The van der Waals surface area contributed by atoms with Crippen LogP contribution in [0.2, 0.25) is 0 Å². The number of hydrogen-bond donors (Lipinski definition) is 1. The standard InChI is InChI=1S/C26H39NO.ClH/c1-19(2)13-15-27(16-14-20(3)4)18-26(28)25-17-21-9-5-6-10-22(21)23-11-7-8-12-24(23)25;/h7-8,11-12,17,19-20,26,28H,5-6,9-10,13-16,18H2,1-4H3;1H. The molecule has 0 radical (unpaired) electrons. The molecule has 0 heterocycles. The van der Waals surface area contributed by atoms with E-state index >= 15 is 0 Å². The maximum Gasteiger partial charge on any atom is 0.0923 e. The Kier molecular flexibility index (Phi) is 9.46. The summed E-state index contributed by atoms with van der Waals surface area (Å²) in [5, 5.41) is 13.9. The molecule has 1 aliphatic rings. The first-order chi connectivity index (χ1) is 13.5. The topological polar surface area (TPSA) is 23.5 Å². The van der Waals surface area contributed by atoms with Crippen molar-refractivity contribution in [2.24, 2.45) is 11.8 Å². The molecule has 0 amide bonds. The highest BCUT2D eigenvalue weighted by Gasteiger charge is 2.21. The zero-order valence-corrected chi connectivity index (χ0v) is 19.6. The number of nitrogens with zero attached hydrogens (tertiary/aromatic N) is 1. The Morgan fingerprint density at radius 2 is 1.48 bits per heavy atom. The molecule has 0 bridgehead atoms. The van der Waals surface area contributed by atoms with E-state index in [-0.39, 0.29) is 12.4 Å². The van der Waals surface area contributed by atoms with Crippen LogP contribution >= 0.6 is 12.4 Å². The van der Waals surface area contributed by atoms with Crippen LogP contribution in [0.25, 0.3) is 10.8 Å². The Labute approximate surface area is 184 Å². The van der Waals surface area contributed by atoms with Crippen molar-refractivity contribution < 1.29 is 5.11 Å². The number of aliphatic hydroxyl groups is 1. The van der Waals surface area contributed by atoms with Gasteiger partial charge in [-0.1, -0.05) is 58.0 Å². The van der Waals surface area contributed by atoms with Gasteiger partial charge in [-0.05, 0) is 90.9 Å². The fraction of sp³-hybridized carbons (Fsp3) is 0.615. The fourth-order valence-corrected chi connectivity index (χ4v) is 4.45. The van der Waals surface area contributed by atoms with Crippen molar-refractivity contribution in [3.05, 3.63) is 47.0 Å². The van der Waals surface area contributed by atoms with Gasteiger partial charge in [0.2, 0.25) is 0 Å². The highest BCUT2D eigenvalue weighted by molar-refractivity contribution is 5.90. The monoisotopic (exact) mass is 417 g/mol. The molecular formula is C26H40ClNO. The molecule has 2 aromatic rings. The van der Waals surface area contributed by atoms with E-state index in [0.29, 0.717) is 11.8 Å². The summed E-state index contributed by atoms with van der Waals surface area (Å²) in [4.78, 5) is 2.49. The van der Waals surface area contributed by atoms with Gasteiger partial charge in [-0.15, -0.1) is 12.4 Å².